The maximum Gasteiger partial charge on any atom is 0.331 e. The van der Waals surface area contributed by atoms with Crippen LogP contribution < -0.4 is 10.6 Å². The summed E-state index contributed by atoms with van der Waals surface area (Å²) in [5, 5.41) is 41.7. The number of rotatable bonds is 7. The summed E-state index contributed by atoms with van der Waals surface area (Å²) in [7, 11) is 0. The van der Waals surface area contributed by atoms with Crippen LogP contribution in [0.5, 0.6) is 0 Å². The van der Waals surface area contributed by atoms with Crippen molar-refractivity contribution in [3.8, 4) is 0 Å². The van der Waals surface area contributed by atoms with Gasteiger partial charge in [-0.2, -0.15) is 0 Å². The van der Waals surface area contributed by atoms with Crippen molar-refractivity contribution in [2.75, 3.05) is 0 Å². The number of carbonyl (C=O) groups excluding carboxylic acids is 1. The van der Waals surface area contributed by atoms with Gasteiger partial charge in [-0.05, 0) is 12.5 Å². The van der Waals surface area contributed by atoms with E-state index >= 15 is 0 Å². The van der Waals surface area contributed by atoms with Crippen molar-refractivity contribution in [2.45, 2.75) is 44.0 Å². The van der Waals surface area contributed by atoms with Crippen LogP contribution in [0, 0.1) is 0 Å². The SMILES string of the molecule is CC(=O)N[C@H]1[C@H](O)C=C(C(=O)O)C[C@@H]1NC(CC(=O)O)C(=O)O. The van der Waals surface area contributed by atoms with Crippen LogP contribution in [0.25, 0.3) is 0 Å². The third-order valence-corrected chi connectivity index (χ3v) is 3.35. The predicted molar refractivity (Wildman–Crippen MR) is 74.5 cm³/mol. The van der Waals surface area contributed by atoms with Crippen molar-refractivity contribution in [3.05, 3.63) is 11.6 Å². The molecule has 0 aromatic carbocycles. The maximum absolute atomic E-state index is 11.2. The number of amides is 1. The maximum atomic E-state index is 11.2. The topological polar surface area (TPSA) is 173 Å². The molecule has 0 saturated heterocycles. The Kier molecular flexibility index (Phi) is 6.22. The third kappa shape index (κ3) is 5.34. The smallest absolute Gasteiger partial charge is 0.331 e. The lowest BCUT2D eigenvalue weighted by Crippen LogP contribution is -2.60. The number of carboxylic acid groups (broad SMARTS) is 3. The van der Waals surface area contributed by atoms with Gasteiger partial charge in [-0.1, -0.05) is 0 Å². The van der Waals surface area contributed by atoms with Gasteiger partial charge in [-0.3, -0.25) is 19.7 Å². The Morgan fingerprint density at radius 2 is 1.87 bits per heavy atom. The summed E-state index contributed by atoms with van der Waals surface area (Å²) in [6, 6.07) is -3.43. The van der Waals surface area contributed by atoms with Gasteiger partial charge in [0.05, 0.1) is 18.6 Å². The highest BCUT2D eigenvalue weighted by Gasteiger charge is 2.37. The summed E-state index contributed by atoms with van der Waals surface area (Å²) in [5.41, 5.74) is -0.156. The Hall–Kier alpha value is -2.46. The lowest BCUT2D eigenvalue weighted by molar-refractivity contribution is -0.146. The van der Waals surface area contributed by atoms with E-state index < -0.39 is 54.5 Å². The van der Waals surface area contributed by atoms with Crippen molar-refractivity contribution in [3.63, 3.8) is 0 Å². The zero-order valence-corrected chi connectivity index (χ0v) is 12.2. The lowest BCUT2D eigenvalue weighted by atomic mass is 9.87. The Balaban J connectivity index is 3.02. The number of aliphatic carboxylic acids is 3. The van der Waals surface area contributed by atoms with Crippen LogP contribution in [0.1, 0.15) is 19.8 Å². The van der Waals surface area contributed by atoms with E-state index in [2.05, 4.69) is 10.6 Å². The molecule has 1 rings (SSSR count). The number of nitrogens with one attached hydrogen (secondary N) is 2. The van der Waals surface area contributed by atoms with E-state index in [9.17, 15) is 24.3 Å². The van der Waals surface area contributed by atoms with Gasteiger partial charge in [0.2, 0.25) is 5.91 Å². The molecule has 6 N–H and O–H groups in total. The zero-order chi connectivity index (χ0) is 17.7. The summed E-state index contributed by atoms with van der Waals surface area (Å²) in [4.78, 5) is 44.1. The predicted octanol–water partition coefficient (Wildman–Crippen LogP) is -1.85. The monoisotopic (exact) mass is 330 g/mol. The molecule has 0 fully saturated rings. The van der Waals surface area contributed by atoms with Gasteiger partial charge in [0.25, 0.3) is 0 Å². The Morgan fingerprint density at radius 3 is 2.30 bits per heavy atom. The molecule has 0 spiro atoms. The highest BCUT2D eigenvalue weighted by molar-refractivity contribution is 5.87. The van der Waals surface area contributed by atoms with E-state index in [1.807, 2.05) is 0 Å². The van der Waals surface area contributed by atoms with Gasteiger partial charge in [-0.25, -0.2) is 4.79 Å². The number of hydrogen-bond acceptors (Lipinski definition) is 6. The van der Waals surface area contributed by atoms with Crippen LogP contribution in [0.3, 0.4) is 0 Å². The van der Waals surface area contributed by atoms with Crippen LogP contribution in [0.2, 0.25) is 0 Å². The first kappa shape index (κ1) is 18.6. The molecule has 0 saturated carbocycles. The molecule has 10 heteroatoms. The second kappa shape index (κ2) is 7.70. The molecule has 0 aromatic heterocycles. The number of carbonyl (C=O) groups is 4. The first-order valence-electron chi connectivity index (χ1n) is 6.71. The average Bonchev–Trinajstić information content (AvgIpc) is 2.40. The summed E-state index contributed by atoms with van der Waals surface area (Å²) in [6.45, 7) is 1.19. The van der Waals surface area contributed by atoms with E-state index in [4.69, 9.17) is 15.3 Å². The Labute approximate surface area is 130 Å². The molecular weight excluding hydrogens is 312 g/mol. The van der Waals surface area contributed by atoms with Gasteiger partial charge in [0.15, 0.2) is 0 Å². The van der Waals surface area contributed by atoms with Crippen LogP contribution in [-0.2, 0) is 19.2 Å². The van der Waals surface area contributed by atoms with Crippen molar-refractivity contribution < 1.29 is 39.6 Å². The van der Waals surface area contributed by atoms with E-state index in [1.165, 1.54) is 6.92 Å². The standard InChI is InChI=1S/C13H18N2O8/c1-5(16)14-11-7(2-6(12(20)21)3-9(11)17)15-8(13(22)23)4-10(18)19/h3,7-9,11,15,17H,2,4H2,1H3,(H,14,16)(H,18,19)(H,20,21)(H,22,23)/t7-,8?,9+,11+/m0/s1. The molecule has 0 aromatic rings. The second-order valence-corrected chi connectivity index (χ2v) is 5.18. The normalized spacial score (nSPS) is 25.1. The highest BCUT2D eigenvalue weighted by atomic mass is 16.4. The largest absolute Gasteiger partial charge is 0.481 e. The van der Waals surface area contributed by atoms with Crippen LogP contribution in [0.15, 0.2) is 11.6 Å². The summed E-state index contributed by atoms with van der Waals surface area (Å²) in [6.07, 6.45) is -1.20. The molecular formula is C13H18N2O8. The zero-order valence-electron chi connectivity index (χ0n) is 12.2. The van der Waals surface area contributed by atoms with Gasteiger partial charge >= 0.3 is 17.9 Å². The first-order chi connectivity index (χ1) is 10.6. The molecule has 0 heterocycles. The van der Waals surface area contributed by atoms with E-state index in [0.717, 1.165) is 6.08 Å². The van der Waals surface area contributed by atoms with E-state index in [1.54, 1.807) is 0 Å². The number of aliphatic hydroxyl groups is 1. The Morgan fingerprint density at radius 1 is 1.26 bits per heavy atom. The molecule has 128 valence electrons. The van der Waals surface area contributed by atoms with Crippen LogP contribution in [0.4, 0.5) is 0 Å². The third-order valence-electron chi connectivity index (χ3n) is 3.35. The number of carboxylic acids is 3. The molecule has 1 aliphatic carbocycles. The molecule has 23 heavy (non-hydrogen) atoms. The van der Waals surface area contributed by atoms with E-state index in [-0.39, 0.29) is 12.0 Å². The van der Waals surface area contributed by atoms with Crippen molar-refractivity contribution in [2.24, 2.45) is 0 Å². The molecule has 1 amide bonds. The summed E-state index contributed by atoms with van der Waals surface area (Å²) in [5.74, 6) is -4.58. The second-order valence-electron chi connectivity index (χ2n) is 5.18. The Bertz CT molecular complexity index is 544. The minimum absolute atomic E-state index is 0.156. The summed E-state index contributed by atoms with van der Waals surface area (Å²) >= 11 is 0. The fraction of sp³-hybridized carbons (Fsp3) is 0.538. The molecule has 10 nitrogen and oxygen atoms in total. The lowest BCUT2D eigenvalue weighted by Gasteiger charge is -2.36. The molecule has 4 atom stereocenters. The van der Waals surface area contributed by atoms with Crippen LogP contribution in [-0.4, -0.2) is 68.5 Å². The van der Waals surface area contributed by atoms with Gasteiger partial charge in [-0.15, -0.1) is 0 Å². The van der Waals surface area contributed by atoms with Gasteiger partial charge in [0.1, 0.15) is 6.04 Å². The average molecular weight is 330 g/mol. The quantitative estimate of drug-likeness (QED) is 0.313. The van der Waals surface area contributed by atoms with E-state index in [0.29, 0.717) is 0 Å². The molecule has 0 bridgehead atoms. The minimum atomic E-state index is -1.49. The fourth-order valence-corrected chi connectivity index (χ4v) is 2.37. The van der Waals surface area contributed by atoms with Gasteiger partial charge < -0.3 is 25.7 Å². The highest BCUT2D eigenvalue weighted by Crippen LogP contribution is 2.21. The van der Waals surface area contributed by atoms with Crippen LogP contribution >= 0.6 is 0 Å². The number of aliphatic hydroxyl groups excluding tert-OH is 1. The van der Waals surface area contributed by atoms with Crippen molar-refractivity contribution in [1.29, 1.82) is 0 Å². The molecule has 0 radical (unpaired) electrons. The molecule has 0 aliphatic heterocycles. The number of hydrogen-bond donors (Lipinski definition) is 6. The van der Waals surface area contributed by atoms with Crippen molar-refractivity contribution in [1.82, 2.24) is 10.6 Å². The molecule has 1 unspecified atom stereocenters. The first-order valence-corrected chi connectivity index (χ1v) is 6.71. The molecule has 1 aliphatic rings. The minimum Gasteiger partial charge on any atom is -0.481 e. The van der Waals surface area contributed by atoms with Crippen molar-refractivity contribution >= 4 is 23.8 Å². The fourth-order valence-electron chi connectivity index (χ4n) is 2.37. The van der Waals surface area contributed by atoms with Gasteiger partial charge in [0, 0.05) is 18.5 Å². The summed E-state index contributed by atoms with van der Waals surface area (Å²) < 4.78 is 0.